The quantitative estimate of drug-likeness (QED) is 0.829. The number of nitrogens with zero attached hydrogens (tertiary/aromatic N) is 4. The Kier molecular flexibility index (Phi) is 3.22. The fourth-order valence-electron chi connectivity index (χ4n) is 1.57. The first-order chi connectivity index (χ1) is 8.56. The van der Waals surface area contributed by atoms with Gasteiger partial charge in [0.05, 0.1) is 18.1 Å². The molecule has 0 unspecified atom stereocenters. The van der Waals surface area contributed by atoms with Crippen LogP contribution in [-0.4, -0.2) is 37.4 Å². The number of carboxylic acid groups (broad SMARTS) is 1. The zero-order chi connectivity index (χ0) is 13.1. The molecule has 0 fully saturated rings. The minimum Gasteiger partial charge on any atom is -0.480 e. The van der Waals surface area contributed by atoms with Gasteiger partial charge in [-0.15, -0.1) is 0 Å². The molecule has 0 aliphatic rings. The third-order valence-electron chi connectivity index (χ3n) is 2.27. The summed E-state index contributed by atoms with van der Waals surface area (Å²) in [6, 6.07) is 1.93. The third-order valence-corrected chi connectivity index (χ3v) is 2.27. The summed E-state index contributed by atoms with van der Waals surface area (Å²) in [7, 11) is 0. The molecule has 7 nitrogen and oxygen atoms in total. The van der Waals surface area contributed by atoms with Crippen molar-refractivity contribution in [1.29, 1.82) is 0 Å². The van der Waals surface area contributed by atoms with Crippen molar-refractivity contribution >= 4 is 11.8 Å². The maximum Gasteiger partial charge on any atom is 0.322 e. The topological polar surface area (TPSA) is 92.9 Å². The predicted octanol–water partition coefficient (Wildman–Crippen LogP) is 0.776. The maximum absolute atomic E-state index is 10.5. The van der Waals surface area contributed by atoms with E-state index in [2.05, 4.69) is 20.4 Å². The van der Waals surface area contributed by atoms with Gasteiger partial charge in [0, 0.05) is 5.69 Å². The van der Waals surface area contributed by atoms with E-state index in [1.807, 2.05) is 19.9 Å². The summed E-state index contributed by atoms with van der Waals surface area (Å²) >= 11 is 0. The molecule has 0 saturated heterocycles. The van der Waals surface area contributed by atoms with Gasteiger partial charge in [0.25, 0.3) is 0 Å². The summed E-state index contributed by atoms with van der Waals surface area (Å²) in [4.78, 5) is 18.7. The number of nitrogens with one attached hydrogen (secondary N) is 1. The predicted molar refractivity (Wildman–Crippen MR) is 64.8 cm³/mol. The van der Waals surface area contributed by atoms with E-state index in [0.29, 0.717) is 11.6 Å². The van der Waals surface area contributed by atoms with Crippen LogP contribution in [0, 0.1) is 13.8 Å². The van der Waals surface area contributed by atoms with Crippen molar-refractivity contribution in [2.45, 2.75) is 13.8 Å². The van der Waals surface area contributed by atoms with Crippen LogP contribution in [0.2, 0.25) is 0 Å². The van der Waals surface area contributed by atoms with E-state index in [4.69, 9.17) is 5.11 Å². The summed E-state index contributed by atoms with van der Waals surface area (Å²) < 4.78 is 1.66. The highest BCUT2D eigenvalue weighted by Crippen LogP contribution is 2.10. The van der Waals surface area contributed by atoms with Crippen molar-refractivity contribution < 1.29 is 9.90 Å². The number of rotatable bonds is 4. The molecule has 0 spiro atoms. The Morgan fingerprint density at radius 3 is 2.83 bits per heavy atom. The molecule has 2 rings (SSSR count). The fourth-order valence-corrected chi connectivity index (χ4v) is 1.57. The monoisotopic (exact) mass is 247 g/mol. The zero-order valence-corrected chi connectivity index (χ0v) is 10.1. The molecule has 0 saturated carbocycles. The number of aromatic nitrogens is 4. The number of hydrogen-bond donors (Lipinski definition) is 2. The van der Waals surface area contributed by atoms with Crippen molar-refractivity contribution in [3.05, 3.63) is 29.8 Å². The van der Waals surface area contributed by atoms with Crippen LogP contribution in [0.1, 0.15) is 11.4 Å². The van der Waals surface area contributed by atoms with Crippen LogP contribution in [0.4, 0.5) is 5.82 Å². The fraction of sp³-hybridized carbons (Fsp3) is 0.273. The van der Waals surface area contributed by atoms with Gasteiger partial charge in [0.1, 0.15) is 12.4 Å². The van der Waals surface area contributed by atoms with Gasteiger partial charge < -0.3 is 10.4 Å². The average molecular weight is 247 g/mol. The molecule has 18 heavy (non-hydrogen) atoms. The number of aliphatic carboxylic acids is 1. The maximum atomic E-state index is 10.5. The third kappa shape index (κ3) is 2.62. The van der Waals surface area contributed by atoms with Gasteiger partial charge in [0.2, 0.25) is 0 Å². The van der Waals surface area contributed by atoms with Crippen LogP contribution in [-0.2, 0) is 4.79 Å². The highest BCUT2D eigenvalue weighted by atomic mass is 16.4. The largest absolute Gasteiger partial charge is 0.480 e. The molecule has 94 valence electrons. The lowest BCUT2D eigenvalue weighted by Crippen LogP contribution is -2.14. The van der Waals surface area contributed by atoms with Crippen molar-refractivity contribution in [1.82, 2.24) is 19.7 Å². The van der Waals surface area contributed by atoms with E-state index >= 15 is 0 Å². The summed E-state index contributed by atoms with van der Waals surface area (Å²) in [5, 5.41) is 15.5. The number of carboxylic acids is 1. The Morgan fingerprint density at radius 1 is 1.44 bits per heavy atom. The van der Waals surface area contributed by atoms with Crippen molar-refractivity contribution in [3.63, 3.8) is 0 Å². The van der Waals surface area contributed by atoms with E-state index in [1.165, 1.54) is 6.20 Å². The summed E-state index contributed by atoms with van der Waals surface area (Å²) in [5.74, 6) is 0.00626. The lowest BCUT2D eigenvalue weighted by Gasteiger charge is -2.06. The lowest BCUT2D eigenvalue weighted by molar-refractivity contribution is -0.134. The number of carbonyl (C=O) groups is 1. The second-order valence-corrected chi connectivity index (χ2v) is 3.85. The second kappa shape index (κ2) is 4.82. The molecule has 0 aliphatic heterocycles. The molecule has 2 N–H and O–H groups in total. The summed E-state index contributed by atoms with van der Waals surface area (Å²) in [6.45, 7) is 3.61. The first-order valence-corrected chi connectivity index (χ1v) is 5.37. The smallest absolute Gasteiger partial charge is 0.322 e. The standard InChI is InChI=1S/C11H13N5O2/c1-7-3-8(2)16(15-7)10-5-12-4-9(14-10)13-6-11(17)18/h3-5H,6H2,1-2H3,(H,13,14)(H,17,18). The Balaban J connectivity index is 2.27. The Hall–Kier alpha value is -2.44. The average Bonchev–Trinajstić information content (AvgIpc) is 2.66. The van der Waals surface area contributed by atoms with Gasteiger partial charge >= 0.3 is 5.97 Å². The molecular formula is C11H13N5O2. The highest BCUT2D eigenvalue weighted by molar-refractivity contribution is 5.72. The number of anilines is 1. The van der Waals surface area contributed by atoms with E-state index in [1.54, 1.807) is 10.9 Å². The van der Waals surface area contributed by atoms with Gasteiger partial charge in [0.15, 0.2) is 5.82 Å². The zero-order valence-electron chi connectivity index (χ0n) is 10.1. The molecule has 7 heteroatoms. The first kappa shape index (κ1) is 12.0. The molecular weight excluding hydrogens is 234 g/mol. The summed E-state index contributed by atoms with van der Waals surface area (Å²) in [5.41, 5.74) is 1.83. The van der Waals surface area contributed by atoms with Crippen LogP contribution in [0.15, 0.2) is 18.5 Å². The molecule has 0 amide bonds. The molecule has 2 aromatic rings. The van der Waals surface area contributed by atoms with Crippen LogP contribution in [0.5, 0.6) is 0 Å². The Labute approximate surface area is 104 Å². The normalized spacial score (nSPS) is 10.3. The van der Waals surface area contributed by atoms with Gasteiger partial charge in [-0.1, -0.05) is 0 Å². The van der Waals surface area contributed by atoms with Crippen LogP contribution in [0.3, 0.4) is 0 Å². The minimum absolute atomic E-state index is 0.199. The van der Waals surface area contributed by atoms with Gasteiger partial charge in [-0.3, -0.25) is 9.78 Å². The van der Waals surface area contributed by atoms with Crippen LogP contribution in [0.25, 0.3) is 5.82 Å². The van der Waals surface area contributed by atoms with Crippen molar-refractivity contribution in [2.75, 3.05) is 11.9 Å². The molecule has 0 aliphatic carbocycles. The van der Waals surface area contributed by atoms with Crippen molar-refractivity contribution in [3.8, 4) is 5.82 Å². The number of aryl methyl sites for hydroxylation is 2. The van der Waals surface area contributed by atoms with Crippen LogP contribution >= 0.6 is 0 Å². The number of hydrogen-bond acceptors (Lipinski definition) is 5. The Bertz CT molecular complexity index is 579. The van der Waals surface area contributed by atoms with Crippen LogP contribution < -0.4 is 5.32 Å². The Morgan fingerprint density at radius 2 is 2.22 bits per heavy atom. The highest BCUT2D eigenvalue weighted by Gasteiger charge is 2.06. The van der Waals surface area contributed by atoms with Gasteiger partial charge in [-0.25, -0.2) is 9.67 Å². The molecule has 2 heterocycles. The molecule has 0 atom stereocenters. The first-order valence-electron chi connectivity index (χ1n) is 5.37. The SMILES string of the molecule is Cc1cc(C)n(-c2cncc(NCC(=O)O)n2)n1. The molecule has 0 radical (unpaired) electrons. The summed E-state index contributed by atoms with van der Waals surface area (Å²) in [6.07, 6.45) is 3.05. The molecule has 0 aromatic carbocycles. The molecule has 2 aromatic heterocycles. The van der Waals surface area contributed by atoms with Gasteiger partial charge in [-0.05, 0) is 19.9 Å². The lowest BCUT2D eigenvalue weighted by atomic mass is 10.4. The van der Waals surface area contributed by atoms with E-state index in [0.717, 1.165) is 11.4 Å². The van der Waals surface area contributed by atoms with Gasteiger partial charge in [-0.2, -0.15) is 5.10 Å². The molecule has 0 bridgehead atoms. The van der Waals surface area contributed by atoms with E-state index in [-0.39, 0.29) is 6.54 Å². The van der Waals surface area contributed by atoms with E-state index < -0.39 is 5.97 Å². The van der Waals surface area contributed by atoms with Crippen molar-refractivity contribution in [2.24, 2.45) is 0 Å². The van der Waals surface area contributed by atoms with E-state index in [9.17, 15) is 4.79 Å². The second-order valence-electron chi connectivity index (χ2n) is 3.85. The minimum atomic E-state index is -0.951.